The van der Waals surface area contributed by atoms with Gasteiger partial charge in [-0.05, 0) is 30.2 Å². The Hall–Kier alpha value is -2.67. The summed E-state index contributed by atoms with van der Waals surface area (Å²) >= 11 is 0. The van der Waals surface area contributed by atoms with Gasteiger partial charge in [-0.15, -0.1) is 0 Å². The van der Waals surface area contributed by atoms with Crippen LogP contribution in [0.3, 0.4) is 0 Å². The van der Waals surface area contributed by atoms with Crippen LogP contribution < -0.4 is 15.4 Å². The minimum absolute atomic E-state index is 0.245. The van der Waals surface area contributed by atoms with E-state index in [-0.39, 0.29) is 5.82 Å². The zero-order valence-electron chi connectivity index (χ0n) is 15.2. The largest absolute Gasteiger partial charge is 0.475 e. The number of methoxy groups -OCH3 is 1. The van der Waals surface area contributed by atoms with Gasteiger partial charge >= 0.3 is 0 Å². The Labute approximate surface area is 153 Å². The Kier molecular flexibility index (Phi) is 8.35. The Morgan fingerprint density at radius 1 is 1.15 bits per heavy atom. The number of guanidine groups is 1. The Morgan fingerprint density at radius 2 is 2.04 bits per heavy atom. The molecule has 0 amide bonds. The number of ether oxygens (including phenoxy) is 2. The first kappa shape index (κ1) is 19.7. The fourth-order valence-electron chi connectivity index (χ4n) is 2.16. The van der Waals surface area contributed by atoms with Gasteiger partial charge in [-0.25, -0.2) is 14.4 Å². The first-order valence-corrected chi connectivity index (χ1v) is 8.54. The number of pyridine rings is 1. The highest BCUT2D eigenvalue weighted by molar-refractivity contribution is 5.79. The number of nitrogens with one attached hydrogen (secondary N) is 2. The molecule has 7 heteroatoms. The summed E-state index contributed by atoms with van der Waals surface area (Å²) in [5.41, 5.74) is 1.82. The molecule has 0 saturated heterocycles. The summed E-state index contributed by atoms with van der Waals surface area (Å²) in [4.78, 5) is 8.77. The van der Waals surface area contributed by atoms with E-state index in [0.29, 0.717) is 38.1 Å². The van der Waals surface area contributed by atoms with Crippen LogP contribution in [-0.4, -0.2) is 37.8 Å². The molecule has 1 aromatic carbocycles. The van der Waals surface area contributed by atoms with Crippen molar-refractivity contribution in [3.05, 3.63) is 59.5 Å². The molecule has 0 unspecified atom stereocenters. The van der Waals surface area contributed by atoms with Crippen molar-refractivity contribution in [1.82, 2.24) is 15.6 Å². The first-order valence-electron chi connectivity index (χ1n) is 8.54. The van der Waals surface area contributed by atoms with Gasteiger partial charge in [-0.1, -0.05) is 18.2 Å². The van der Waals surface area contributed by atoms with E-state index in [9.17, 15) is 4.39 Å². The molecule has 0 aliphatic rings. The van der Waals surface area contributed by atoms with Gasteiger partial charge in [0.15, 0.2) is 5.96 Å². The van der Waals surface area contributed by atoms with Crippen molar-refractivity contribution >= 4 is 5.96 Å². The predicted octanol–water partition coefficient (Wildman–Crippen LogP) is 2.50. The SMILES string of the molecule is CCNC(=NCc1ccc(OCCOC)nc1)NCc1cccc(F)c1. The molecular weight excluding hydrogens is 335 g/mol. The lowest BCUT2D eigenvalue weighted by atomic mass is 10.2. The molecule has 0 aliphatic carbocycles. The van der Waals surface area contributed by atoms with E-state index < -0.39 is 0 Å². The van der Waals surface area contributed by atoms with Crippen molar-refractivity contribution < 1.29 is 13.9 Å². The van der Waals surface area contributed by atoms with Crippen molar-refractivity contribution in [2.24, 2.45) is 4.99 Å². The maximum Gasteiger partial charge on any atom is 0.213 e. The van der Waals surface area contributed by atoms with Gasteiger partial charge in [-0.2, -0.15) is 0 Å². The number of hydrogen-bond acceptors (Lipinski definition) is 4. The Balaban J connectivity index is 1.89. The smallest absolute Gasteiger partial charge is 0.213 e. The van der Waals surface area contributed by atoms with E-state index in [1.807, 2.05) is 25.1 Å². The van der Waals surface area contributed by atoms with Crippen molar-refractivity contribution in [1.29, 1.82) is 0 Å². The van der Waals surface area contributed by atoms with Crippen molar-refractivity contribution in [3.63, 3.8) is 0 Å². The van der Waals surface area contributed by atoms with Gasteiger partial charge in [-0.3, -0.25) is 0 Å². The van der Waals surface area contributed by atoms with Crippen molar-refractivity contribution in [2.45, 2.75) is 20.0 Å². The van der Waals surface area contributed by atoms with Gasteiger partial charge in [0, 0.05) is 32.5 Å². The summed E-state index contributed by atoms with van der Waals surface area (Å²) in [6, 6.07) is 10.2. The van der Waals surface area contributed by atoms with E-state index in [4.69, 9.17) is 9.47 Å². The molecule has 1 heterocycles. The van der Waals surface area contributed by atoms with Crippen molar-refractivity contribution in [2.75, 3.05) is 26.9 Å². The number of aromatic nitrogens is 1. The minimum Gasteiger partial charge on any atom is -0.475 e. The molecule has 0 bridgehead atoms. The van der Waals surface area contributed by atoms with Gasteiger partial charge < -0.3 is 20.1 Å². The van der Waals surface area contributed by atoms with Crippen LogP contribution in [0.25, 0.3) is 0 Å². The fourth-order valence-corrected chi connectivity index (χ4v) is 2.16. The van der Waals surface area contributed by atoms with E-state index >= 15 is 0 Å². The van der Waals surface area contributed by atoms with Crippen LogP contribution in [0.5, 0.6) is 5.88 Å². The molecule has 0 aliphatic heterocycles. The number of hydrogen-bond donors (Lipinski definition) is 2. The van der Waals surface area contributed by atoms with E-state index in [2.05, 4.69) is 20.6 Å². The minimum atomic E-state index is -0.245. The van der Waals surface area contributed by atoms with E-state index in [1.54, 1.807) is 19.4 Å². The molecule has 0 atom stereocenters. The van der Waals surface area contributed by atoms with Gasteiger partial charge in [0.05, 0.1) is 13.2 Å². The number of benzene rings is 1. The molecule has 0 radical (unpaired) electrons. The Morgan fingerprint density at radius 3 is 2.73 bits per heavy atom. The molecule has 0 fully saturated rings. The topological polar surface area (TPSA) is 67.8 Å². The first-order chi connectivity index (χ1) is 12.7. The normalized spacial score (nSPS) is 11.3. The summed E-state index contributed by atoms with van der Waals surface area (Å²) in [6.07, 6.45) is 1.74. The lowest BCUT2D eigenvalue weighted by Crippen LogP contribution is -2.36. The average Bonchev–Trinajstić information content (AvgIpc) is 2.65. The van der Waals surface area contributed by atoms with Gasteiger partial charge in [0.25, 0.3) is 0 Å². The monoisotopic (exact) mass is 360 g/mol. The molecule has 2 N–H and O–H groups in total. The summed E-state index contributed by atoms with van der Waals surface area (Å²) in [5, 5.41) is 6.36. The van der Waals surface area contributed by atoms with Crippen LogP contribution in [0.15, 0.2) is 47.6 Å². The molecule has 2 rings (SSSR count). The highest BCUT2D eigenvalue weighted by atomic mass is 19.1. The Bertz CT molecular complexity index is 692. The zero-order valence-corrected chi connectivity index (χ0v) is 15.2. The van der Waals surface area contributed by atoms with E-state index in [1.165, 1.54) is 12.1 Å². The maximum atomic E-state index is 13.2. The summed E-state index contributed by atoms with van der Waals surface area (Å²) in [5.74, 6) is 0.980. The zero-order chi connectivity index (χ0) is 18.6. The fraction of sp³-hybridized carbons (Fsp3) is 0.368. The molecular formula is C19H25FN4O2. The lowest BCUT2D eigenvalue weighted by Gasteiger charge is -2.11. The highest BCUT2D eigenvalue weighted by Crippen LogP contribution is 2.08. The quantitative estimate of drug-likeness (QED) is 0.409. The molecule has 0 spiro atoms. The lowest BCUT2D eigenvalue weighted by molar-refractivity contribution is 0.143. The molecule has 0 saturated carbocycles. The second-order valence-electron chi connectivity index (χ2n) is 5.52. The van der Waals surface area contributed by atoms with Crippen LogP contribution in [0.2, 0.25) is 0 Å². The maximum absolute atomic E-state index is 13.2. The van der Waals surface area contributed by atoms with Crippen LogP contribution in [0, 0.1) is 5.82 Å². The van der Waals surface area contributed by atoms with Crippen LogP contribution >= 0.6 is 0 Å². The third-order valence-corrected chi connectivity index (χ3v) is 3.45. The van der Waals surface area contributed by atoms with Crippen LogP contribution in [-0.2, 0) is 17.8 Å². The van der Waals surface area contributed by atoms with Gasteiger partial charge in [0.1, 0.15) is 12.4 Å². The predicted molar refractivity (Wildman–Crippen MR) is 99.7 cm³/mol. The average molecular weight is 360 g/mol. The standard InChI is InChI=1S/C19H25FN4O2/c1-3-21-19(23-12-15-5-4-6-17(20)11-15)24-14-16-7-8-18(22-13-16)26-10-9-25-2/h4-8,11,13H,3,9-10,12,14H2,1-2H3,(H2,21,23,24). The number of aliphatic imine (C=N–C) groups is 1. The van der Waals surface area contributed by atoms with Crippen LogP contribution in [0.4, 0.5) is 4.39 Å². The number of halogens is 1. The summed E-state index contributed by atoms with van der Waals surface area (Å²) in [6.45, 7) is 4.69. The second-order valence-corrected chi connectivity index (χ2v) is 5.52. The van der Waals surface area contributed by atoms with Gasteiger partial charge in [0.2, 0.25) is 5.88 Å². The van der Waals surface area contributed by atoms with Crippen LogP contribution in [0.1, 0.15) is 18.1 Å². The summed E-state index contributed by atoms with van der Waals surface area (Å²) < 4.78 is 23.6. The second kappa shape index (κ2) is 11.0. The number of rotatable bonds is 9. The number of nitrogens with zero attached hydrogens (tertiary/aromatic N) is 2. The van der Waals surface area contributed by atoms with Crippen molar-refractivity contribution in [3.8, 4) is 5.88 Å². The molecule has 1 aromatic heterocycles. The third kappa shape index (κ3) is 7.06. The van der Waals surface area contributed by atoms with E-state index in [0.717, 1.165) is 17.7 Å². The third-order valence-electron chi connectivity index (χ3n) is 3.45. The molecule has 6 nitrogen and oxygen atoms in total. The summed E-state index contributed by atoms with van der Waals surface area (Å²) in [7, 11) is 1.63. The molecule has 26 heavy (non-hydrogen) atoms. The molecule has 2 aromatic rings. The molecule has 140 valence electrons. The highest BCUT2D eigenvalue weighted by Gasteiger charge is 2.01.